The summed E-state index contributed by atoms with van der Waals surface area (Å²) in [6.07, 6.45) is 3.53. The molecule has 1 N–H and O–H groups in total. The molecule has 2 heteroatoms. The highest BCUT2D eigenvalue weighted by Crippen LogP contribution is 2.22. The summed E-state index contributed by atoms with van der Waals surface area (Å²) in [5, 5.41) is 4.95. The van der Waals surface area contributed by atoms with Crippen molar-refractivity contribution in [1.29, 1.82) is 0 Å². The molecule has 23 heavy (non-hydrogen) atoms. The molecule has 0 bridgehead atoms. The largest absolute Gasteiger partial charge is 0.343 e. The van der Waals surface area contributed by atoms with Crippen LogP contribution in [0, 0.1) is 5.92 Å². The number of rotatable bonds is 7. The third-order valence-electron chi connectivity index (χ3n) is 4.28. The molecule has 0 saturated carbocycles. The number of nitrogens with one attached hydrogen (secondary N) is 1. The quantitative estimate of drug-likeness (QED) is 0.619. The molecule has 1 aromatic heterocycles. The van der Waals surface area contributed by atoms with Crippen molar-refractivity contribution in [2.24, 2.45) is 5.92 Å². The summed E-state index contributed by atoms with van der Waals surface area (Å²) >= 11 is 0. The number of benzene rings is 2. The van der Waals surface area contributed by atoms with Crippen molar-refractivity contribution in [1.82, 2.24) is 9.88 Å². The van der Waals surface area contributed by atoms with Crippen molar-refractivity contribution in [3.63, 3.8) is 0 Å². The first-order valence-electron chi connectivity index (χ1n) is 8.55. The highest BCUT2D eigenvalue weighted by molar-refractivity contribution is 5.84. The van der Waals surface area contributed by atoms with E-state index in [0.717, 1.165) is 25.6 Å². The second kappa shape index (κ2) is 7.47. The summed E-state index contributed by atoms with van der Waals surface area (Å²) in [6, 6.07) is 19.4. The first-order valence-corrected chi connectivity index (χ1v) is 8.55. The van der Waals surface area contributed by atoms with Crippen LogP contribution in [0.2, 0.25) is 0 Å². The van der Waals surface area contributed by atoms with E-state index in [0.29, 0.717) is 0 Å². The van der Waals surface area contributed by atoms with Crippen LogP contribution in [0.3, 0.4) is 0 Å². The molecule has 0 aliphatic heterocycles. The van der Waals surface area contributed by atoms with Gasteiger partial charge in [-0.05, 0) is 36.1 Å². The summed E-state index contributed by atoms with van der Waals surface area (Å²) in [5.74, 6) is 0.752. The maximum Gasteiger partial charge on any atom is 0.0486 e. The van der Waals surface area contributed by atoms with Crippen molar-refractivity contribution in [3.8, 4) is 0 Å². The Balaban J connectivity index is 1.79. The zero-order valence-electron chi connectivity index (χ0n) is 14.1. The van der Waals surface area contributed by atoms with Crippen LogP contribution in [0.5, 0.6) is 0 Å². The molecule has 0 atom stereocenters. The van der Waals surface area contributed by atoms with Gasteiger partial charge in [-0.15, -0.1) is 0 Å². The zero-order chi connectivity index (χ0) is 16.1. The van der Waals surface area contributed by atoms with Crippen LogP contribution >= 0.6 is 0 Å². The molecule has 0 aliphatic carbocycles. The lowest BCUT2D eigenvalue weighted by Crippen LogP contribution is -2.16. The molecule has 120 valence electrons. The molecule has 2 aromatic carbocycles. The molecular weight excluding hydrogens is 280 g/mol. The van der Waals surface area contributed by atoms with E-state index in [1.807, 2.05) is 0 Å². The van der Waals surface area contributed by atoms with Crippen molar-refractivity contribution in [3.05, 3.63) is 71.9 Å². The fourth-order valence-corrected chi connectivity index (χ4v) is 2.99. The van der Waals surface area contributed by atoms with Crippen LogP contribution in [0.15, 0.2) is 60.8 Å². The van der Waals surface area contributed by atoms with E-state index in [9.17, 15) is 0 Å². The van der Waals surface area contributed by atoms with Crippen LogP contribution in [-0.2, 0) is 13.1 Å². The van der Waals surface area contributed by atoms with Gasteiger partial charge in [0, 0.05) is 30.2 Å². The van der Waals surface area contributed by atoms with E-state index < -0.39 is 0 Å². The molecule has 0 spiro atoms. The Hall–Kier alpha value is -2.06. The normalized spacial score (nSPS) is 11.4. The van der Waals surface area contributed by atoms with Gasteiger partial charge < -0.3 is 9.88 Å². The van der Waals surface area contributed by atoms with E-state index in [4.69, 9.17) is 0 Å². The topological polar surface area (TPSA) is 17.0 Å². The fourth-order valence-electron chi connectivity index (χ4n) is 2.99. The van der Waals surface area contributed by atoms with Gasteiger partial charge in [0.2, 0.25) is 0 Å². The Bertz CT molecular complexity index is 741. The summed E-state index contributed by atoms with van der Waals surface area (Å²) in [7, 11) is 0. The molecule has 0 saturated heterocycles. The number of nitrogens with zero attached hydrogens (tertiary/aromatic N) is 1. The van der Waals surface area contributed by atoms with Crippen LogP contribution < -0.4 is 5.32 Å². The Morgan fingerprint density at radius 3 is 2.48 bits per heavy atom. The zero-order valence-corrected chi connectivity index (χ0v) is 14.1. The monoisotopic (exact) mass is 306 g/mol. The third kappa shape index (κ3) is 4.02. The molecule has 2 nitrogen and oxygen atoms in total. The number of hydrogen-bond donors (Lipinski definition) is 1. The summed E-state index contributed by atoms with van der Waals surface area (Å²) < 4.78 is 2.37. The third-order valence-corrected chi connectivity index (χ3v) is 4.28. The molecular formula is C21H26N2. The number of aromatic nitrogens is 1. The van der Waals surface area contributed by atoms with Gasteiger partial charge in [-0.2, -0.15) is 0 Å². The Morgan fingerprint density at radius 1 is 0.957 bits per heavy atom. The van der Waals surface area contributed by atoms with E-state index in [1.165, 1.54) is 28.5 Å². The molecule has 0 fully saturated rings. The summed E-state index contributed by atoms with van der Waals surface area (Å²) in [6.45, 7) is 7.49. The molecule has 0 aliphatic rings. The second-order valence-corrected chi connectivity index (χ2v) is 6.64. The minimum absolute atomic E-state index is 0.752. The average molecular weight is 306 g/mol. The first-order chi connectivity index (χ1) is 11.2. The minimum Gasteiger partial charge on any atom is -0.343 e. The lowest BCUT2D eigenvalue weighted by molar-refractivity contribution is 0.538. The average Bonchev–Trinajstić information content (AvgIpc) is 2.91. The van der Waals surface area contributed by atoms with Gasteiger partial charge in [-0.25, -0.2) is 0 Å². The lowest BCUT2D eigenvalue weighted by atomic mass is 10.1. The van der Waals surface area contributed by atoms with Crippen LogP contribution in [0.25, 0.3) is 10.9 Å². The van der Waals surface area contributed by atoms with Gasteiger partial charge in [0.05, 0.1) is 0 Å². The predicted octanol–water partition coefficient (Wildman–Crippen LogP) is 4.83. The smallest absolute Gasteiger partial charge is 0.0486 e. The van der Waals surface area contributed by atoms with Gasteiger partial charge in [-0.1, -0.05) is 62.4 Å². The standard InChI is InChI=1S/C21H26N2/c1-17(2)12-13-22-14-19-16-23(15-18-8-4-3-5-9-18)21-11-7-6-10-20(19)21/h3-11,16-17,22H,12-15H2,1-2H3. The summed E-state index contributed by atoms with van der Waals surface area (Å²) in [5.41, 5.74) is 4.05. The van der Waals surface area contributed by atoms with E-state index in [1.54, 1.807) is 0 Å². The van der Waals surface area contributed by atoms with Crippen LogP contribution in [0.4, 0.5) is 0 Å². The predicted molar refractivity (Wildman–Crippen MR) is 98.6 cm³/mol. The Morgan fingerprint density at radius 2 is 1.70 bits per heavy atom. The number of fused-ring (bicyclic) bond motifs is 1. The van der Waals surface area contributed by atoms with Gasteiger partial charge in [0.25, 0.3) is 0 Å². The van der Waals surface area contributed by atoms with Gasteiger partial charge in [0.1, 0.15) is 0 Å². The van der Waals surface area contributed by atoms with E-state index in [2.05, 4.69) is 84.5 Å². The van der Waals surface area contributed by atoms with Crippen molar-refractivity contribution in [2.45, 2.75) is 33.4 Å². The maximum atomic E-state index is 3.59. The maximum absolute atomic E-state index is 3.59. The Labute approximate surface area is 139 Å². The van der Waals surface area contributed by atoms with Gasteiger partial charge in [-0.3, -0.25) is 0 Å². The molecule has 3 aromatic rings. The second-order valence-electron chi connectivity index (χ2n) is 6.64. The highest BCUT2D eigenvalue weighted by Gasteiger charge is 2.08. The minimum atomic E-state index is 0.752. The highest BCUT2D eigenvalue weighted by atomic mass is 15.0. The van der Waals surface area contributed by atoms with Crippen molar-refractivity contribution in [2.75, 3.05) is 6.54 Å². The fraction of sp³-hybridized carbons (Fsp3) is 0.333. The molecule has 0 unspecified atom stereocenters. The SMILES string of the molecule is CC(C)CCNCc1cn(Cc2ccccc2)c2ccccc12. The number of para-hydroxylation sites is 1. The van der Waals surface area contributed by atoms with E-state index in [-0.39, 0.29) is 0 Å². The number of hydrogen-bond acceptors (Lipinski definition) is 1. The van der Waals surface area contributed by atoms with Crippen LogP contribution in [-0.4, -0.2) is 11.1 Å². The molecule has 3 rings (SSSR count). The summed E-state index contributed by atoms with van der Waals surface area (Å²) in [4.78, 5) is 0. The van der Waals surface area contributed by atoms with Gasteiger partial charge >= 0.3 is 0 Å². The Kier molecular flexibility index (Phi) is 5.14. The van der Waals surface area contributed by atoms with Crippen molar-refractivity contribution < 1.29 is 0 Å². The molecule has 0 amide bonds. The molecule has 1 heterocycles. The van der Waals surface area contributed by atoms with Gasteiger partial charge in [0.15, 0.2) is 0 Å². The molecule has 0 radical (unpaired) electrons. The lowest BCUT2D eigenvalue weighted by Gasteiger charge is -2.06. The van der Waals surface area contributed by atoms with Crippen molar-refractivity contribution >= 4 is 10.9 Å². The van der Waals surface area contributed by atoms with Crippen LogP contribution in [0.1, 0.15) is 31.4 Å². The van der Waals surface area contributed by atoms with E-state index >= 15 is 0 Å². The first kappa shape index (κ1) is 15.8.